The summed E-state index contributed by atoms with van der Waals surface area (Å²) >= 11 is 3.48. The summed E-state index contributed by atoms with van der Waals surface area (Å²) in [6, 6.07) is 8.65. The minimum Gasteiger partial charge on any atom is -0.309 e. The Morgan fingerprint density at radius 2 is 2.06 bits per heavy atom. The molecule has 0 bridgehead atoms. The summed E-state index contributed by atoms with van der Waals surface area (Å²) in [5.74, 6) is 0. The van der Waals surface area contributed by atoms with Gasteiger partial charge in [0.2, 0.25) is 0 Å². The zero-order valence-electron chi connectivity index (χ0n) is 10.7. The highest BCUT2D eigenvalue weighted by molar-refractivity contribution is 9.10. The molecular formula is C14H21BrN2. The summed E-state index contributed by atoms with van der Waals surface area (Å²) in [5.41, 5.74) is 1.68. The van der Waals surface area contributed by atoms with Crippen molar-refractivity contribution in [2.24, 2.45) is 0 Å². The molecule has 1 aliphatic rings. The molecule has 1 fully saturated rings. The minimum absolute atomic E-state index is 0.285. The van der Waals surface area contributed by atoms with Crippen LogP contribution in [0.15, 0.2) is 28.7 Å². The van der Waals surface area contributed by atoms with Gasteiger partial charge in [0.15, 0.2) is 0 Å². The third-order valence-electron chi connectivity index (χ3n) is 3.65. The van der Waals surface area contributed by atoms with Gasteiger partial charge in [-0.25, -0.2) is 0 Å². The van der Waals surface area contributed by atoms with Gasteiger partial charge in [-0.2, -0.15) is 0 Å². The largest absolute Gasteiger partial charge is 0.309 e. The van der Waals surface area contributed by atoms with E-state index in [1.807, 2.05) is 0 Å². The van der Waals surface area contributed by atoms with Gasteiger partial charge in [-0.3, -0.25) is 4.90 Å². The normalized spacial score (nSPS) is 26.1. The van der Waals surface area contributed by atoms with Crippen LogP contribution < -0.4 is 5.32 Å². The van der Waals surface area contributed by atoms with Crippen LogP contribution in [0, 0.1) is 0 Å². The van der Waals surface area contributed by atoms with E-state index in [4.69, 9.17) is 0 Å². The fraction of sp³-hybridized carbons (Fsp3) is 0.571. The van der Waals surface area contributed by atoms with Crippen LogP contribution >= 0.6 is 15.9 Å². The predicted molar refractivity (Wildman–Crippen MR) is 76.1 cm³/mol. The first kappa shape index (κ1) is 13.1. The highest BCUT2D eigenvalue weighted by Gasteiger charge is 2.28. The van der Waals surface area contributed by atoms with Gasteiger partial charge in [0, 0.05) is 36.2 Å². The lowest BCUT2D eigenvalue weighted by Crippen LogP contribution is -2.58. The van der Waals surface area contributed by atoms with E-state index in [-0.39, 0.29) is 5.54 Å². The molecule has 1 heterocycles. The Morgan fingerprint density at radius 1 is 1.35 bits per heavy atom. The molecule has 0 aromatic heterocycles. The maximum Gasteiger partial charge on any atom is 0.0278 e. The molecule has 17 heavy (non-hydrogen) atoms. The Kier molecular flexibility index (Phi) is 4.23. The standard InChI is InChI=1S/C14H21BrN2/c1-3-14(2)11-17(9-8-16-14)10-12-4-6-13(15)7-5-12/h4-7,16H,3,8-11H2,1-2H3. The molecule has 1 N–H and O–H groups in total. The van der Waals surface area contributed by atoms with Gasteiger partial charge in [0.25, 0.3) is 0 Å². The van der Waals surface area contributed by atoms with Crippen LogP contribution in [-0.2, 0) is 6.54 Å². The third-order valence-corrected chi connectivity index (χ3v) is 4.18. The molecule has 3 heteroatoms. The van der Waals surface area contributed by atoms with Crippen LogP contribution in [-0.4, -0.2) is 30.1 Å². The molecule has 0 amide bonds. The zero-order valence-corrected chi connectivity index (χ0v) is 12.3. The van der Waals surface area contributed by atoms with E-state index in [0.29, 0.717) is 0 Å². The Labute approximate surface area is 113 Å². The fourth-order valence-electron chi connectivity index (χ4n) is 2.36. The molecule has 2 nitrogen and oxygen atoms in total. The zero-order chi connectivity index (χ0) is 12.3. The summed E-state index contributed by atoms with van der Waals surface area (Å²) in [5, 5.41) is 3.62. The lowest BCUT2D eigenvalue weighted by atomic mass is 9.95. The van der Waals surface area contributed by atoms with Crippen molar-refractivity contribution in [1.82, 2.24) is 10.2 Å². The Bertz CT molecular complexity index is 363. The molecule has 1 aromatic rings. The van der Waals surface area contributed by atoms with Gasteiger partial charge in [-0.1, -0.05) is 35.0 Å². The highest BCUT2D eigenvalue weighted by Crippen LogP contribution is 2.18. The number of hydrogen-bond donors (Lipinski definition) is 1. The average Bonchev–Trinajstić information content (AvgIpc) is 2.32. The van der Waals surface area contributed by atoms with Crippen LogP contribution in [0.25, 0.3) is 0 Å². The van der Waals surface area contributed by atoms with E-state index in [1.165, 1.54) is 12.0 Å². The monoisotopic (exact) mass is 296 g/mol. The smallest absolute Gasteiger partial charge is 0.0278 e. The van der Waals surface area contributed by atoms with Crippen LogP contribution in [0.1, 0.15) is 25.8 Å². The van der Waals surface area contributed by atoms with Crippen molar-refractivity contribution >= 4 is 15.9 Å². The number of rotatable bonds is 3. The first-order valence-electron chi connectivity index (χ1n) is 6.33. The predicted octanol–water partition coefficient (Wildman–Crippen LogP) is 3.02. The van der Waals surface area contributed by atoms with Crippen molar-refractivity contribution in [3.8, 4) is 0 Å². The van der Waals surface area contributed by atoms with Crippen LogP contribution in [0.2, 0.25) is 0 Å². The summed E-state index contributed by atoms with van der Waals surface area (Å²) in [4.78, 5) is 2.54. The van der Waals surface area contributed by atoms with Gasteiger partial charge in [0.05, 0.1) is 0 Å². The number of hydrogen-bond acceptors (Lipinski definition) is 2. The average molecular weight is 297 g/mol. The van der Waals surface area contributed by atoms with E-state index in [0.717, 1.165) is 30.7 Å². The molecule has 0 radical (unpaired) electrons. The summed E-state index contributed by atoms with van der Waals surface area (Å²) < 4.78 is 1.15. The number of nitrogens with one attached hydrogen (secondary N) is 1. The van der Waals surface area contributed by atoms with Crippen molar-refractivity contribution in [3.63, 3.8) is 0 Å². The summed E-state index contributed by atoms with van der Waals surface area (Å²) in [6.07, 6.45) is 1.18. The molecule has 1 atom stereocenters. The topological polar surface area (TPSA) is 15.3 Å². The van der Waals surface area contributed by atoms with Crippen LogP contribution in [0.3, 0.4) is 0 Å². The first-order valence-corrected chi connectivity index (χ1v) is 7.12. The van der Waals surface area contributed by atoms with Gasteiger partial charge in [-0.05, 0) is 31.0 Å². The number of halogens is 1. The molecular weight excluding hydrogens is 276 g/mol. The molecule has 2 rings (SSSR count). The first-order chi connectivity index (χ1) is 8.11. The number of benzene rings is 1. The molecule has 1 unspecified atom stereocenters. The van der Waals surface area contributed by atoms with Crippen molar-refractivity contribution in [1.29, 1.82) is 0 Å². The van der Waals surface area contributed by atoms with E-state index < -0.39 is 0 Å². The molecule has 0 aliphatic carbocycles. The van der Waals surface area contributed by atoms with Gasteiger partial charge >= 0.3 is 0 Å². The maximum atomic E-state index is 3.62. The molecule has 1 aromatic carbocycles. The highest BCUT2D eigenvalue weighted by atomic mass is 79.9. The third kappa shape index (κ3) is 3.54. The van der Waals surface area contributed by atoms with E-state index >= 15 is 0 Å². The second-order valence-corrected chi connectivity index (χ2v) is 6.09. The summed E-state index contributed by atoms with van der Waals surface area (Å²) in [7, 11) is 0. The summed E-state index contributed by atoms with van der Waals surface area (Å²) in [6.45, 7) is 9.02. The van der Waals surface area contributed by atoms with Gasteiger partial charge < -0.3 is 5.32 Å². The quantitative estimate of drug-likeness (QED) is 0.922. The molecule has 0 spiro atoms. The van der Waals surface area contributed by atoms with Gasteiger partial charge in [-0.15, -0.1) is 0 Å². The van der Waals surface area contributed by atoms with Crippen molar-refractivity contribution in [3.05, 3.63) is 34.3 Å². The van der Waals surface area contributed by atoms with E-state index in [2.05, 4.69) is 64.3 Å². The van der Waals surface area contributed by atoms with Crippen LogP contribution in [0.5, 0.6) is 0 Å². The van der Waals surface area contributed by atoms with E-state index in [1.54, 1.807) is 0 Å². The second kappa shape index (κ2) is 5.51. The fourth-order valence-corrected chi connectivity index (χ4v) is 2.63. The molecule has 1 aliphatic heterocycles. The second-order valence-electron chi connectivity index (χ2n) is 5.18. The Morgan fingerprint density at radius 3 is 2.71 bits per heavy atom. The van der Waals surface area contributed by atoms with Crippen molar-refractivity contribution < 1.29 is 0 Å². The Balaban J connectivity index is 1.97. The number of nitrogens with zero attached hydrogens (tertiary/aromatic N) is 1. The minimum atomic E-state index is 0.285. The van der Waals surface area contributed by atoms with Gasteiger partial charge in [0.1, 0.15) is 0 Å². The molecule has 94 valence electrons. The number of piperazine rings is 1. The SMILES string of the molecule is CCC1(C)CN(Cc2ccc(Br)cc2)CCN1. The lowest BCUT2D eigenvalue weighted by molar-refractivity contribution is 0.133. The van der Waals surface area contributed by atoms with Crippen LogP contribution in [0.4, 0.5) is 0 Å². The van der Waals surface area contributed by atoms with Crippen molar-refractivity contribution in [2.45, 2.75) is 32.4 Å². The molecule has 0 saturated carbocycles. The lowest BCUT2D eigenvalue weighted by Gasteiger charge is -2.41. The van der Waals surface area contributed by atoms with E-state index in [9.17, 15) is 0 Å². The maximum absolute atomic E-state index is 3.62. The Hall–Kier alpha value is -0.380. The van der Waals surface area contributed by atoms with Crippen molar-refractivity contribution in [2.75, 3.05) is 19.6 Å². The molecule has 1 saturated heterocycles.